The molecule has 0 aliphatic carbocycles. The maximum atomic E-state index is 11.8. The van der Waals surface area contributed by atoms with Gasteiger partial charge in [0.1, 0.15) is 23.2 Å². The number of thiophene rings is 1. The second-order valence-electron chi connectivity index (χ2n) is 3.88. The summed E-state index contributed by atoms with van der Waals surface area (Å²) in [5, 5.41) is 13.6. The zero-order valence-corrected chi connectivity index (χ0v) is 11.2. The predicted molar refractivity (Wildman–Crippen MR) is 73.2 cm³/mol. The minimum atomic E-state index is -0.398. The van der Waals surface area contributed by atoms with Crippen LogP contribution in [0.25, 0.3) is 6.08 Å². The van der Waals surface area contributed by atoms with Crippen molar-refractivity contribution in [1.29, 1.82) is 5.26 Å². The van der Waals surface area contributed by atoms with Gasteiger partial charge in [-0.3, -0.25) is 4.79 Å². The lowest BCUT2D eigenvalue weighted by Crippen LogP contribution is -2.23. The number of carbonyl (C=O) groups is 1. The maximum Gasteiger partial charge on any atom is 0.262 e. The molecule has 5 heteroatoms. The molecule has 19 heavy (non-hydrogen) atoms. The molecule has 0 aromatic carbocycles. The fraction of sp³-hybridized carbons (Fsp3) is 0.143. The van der Waals surface area contributed by atoms with Crippen LogP contribution in [0.5, 0.6) is 0 Å². The van der Waals surface area contributed by atoms with E-state index in [1.807, 2.05) is 23.6 Å². The summed E-state index contributed by atoms with van der Waals surface area (Å²) in [4.78, 5) is 12.9. The Kier molecular flexibility index (Phi) is 4.16. The Hall–Kier alpha value is -2.32. The van der Waals surface area contributed by atoms with Crippen LogP contribution < -0.4 is 5.32 Å². The van der Waals surface area contributed by atoms with Crippen molar-refractivity contribution in [3.63, 3.8) is 0 Å². The van der Waals surface area contributed by atoms with Crippen LogP contribution in [0.1, 0.15) is 16.4 Å². The molecule has 0 atom stereocenters. The van der Waals surface area contributed by atoms with Gasteiger partial charge >= 0.3 is 0 Å². The molecule has 0 unspecified atom stereocenters. The van der Waals surface area contributed by atoms with Crippen LogP contribution >= 0.6 is 11.3 Å². The normalized spacial score (nSPS) is 11.1. The van der Waals surface area contributed by atoms with Gasteiger partial charge in [0.2, 0.25) is 0 Å². The second-order valence-corrected chi connectivity index (χ2v) is 4.91. The first-order valence-electron chi connectivity index (χ1n) is 5.68. The molecule has 2 aromatic rings. The summed E-state index contributed by atoms with van der Waals surface area (Å²) in [7, 11) is 0. The van der Waals surface area contributed by atoms with Crippen LogP contribution in [-0.2, 0) is 11.3 Å². The van der Waals surface area contributed by atoms with E-state index >= 15 is 0 Å². The van der Waals surface area contributed by atoms with Crippen LogP contribution in [0.2, 0.25) is 0 Å². The van der Waals surface area contributed by atoms with Gasteiger partial charge in [-0.05, 0) is 30.5 Å². The van der Waals surface area contributed by atoms with Crippen LogP contribution in [-0.4, -0.2) is 5.91 Å². The molecule has 0 saturated heterocycles. The third-order valence-corrected chi connectivity index (χ3v) is 3.29. The average molecular weight is 272 g/mol. The molecule has 1 amide bonds. The average Bonchev–Trinajstić information content (AvgIpc) is 3.04. The Labute approximate surface area is 115 Å². The van der Waals surface area contributed by atoms with Gasteiger partial charge in [-0.1, -0.05) is 6.07 Å². The lowest BCUT2D eigenvalue weighted by atomic mass is 10.2. The highest BCUT2D eigenvalue weighted by atomic mass is 32.1. The van der Waals surface area contributed by atoms with Gasteiger partial charge in [-0.15, -0.1) is 11.3 Å². The minimum Gasteiger partial charge on any atom is -0.462 e. The quantitative estimate of drug-likeness (QED) is 0.687. The molecule has 4 nitrogen and oxygen atoms in total. The molecule has 0 spiro atoms. The lowest BCUT2D eigenvalue weighted by Gasteiger charge is -2.01. The molecule has 2 rings (SSSR count). The van der Waals surface area contributed by atoms with Gasteiger partial charge in [0.05, 0.1) is 6.54 Å². The van der Waals surface area contributed by atoms with Gasteiger partial charge in [0.25, 0.3) is 5.91 Å². The molecule has 0 radical (unpaired) electrons. The Balaban J connectivity index is 2.03. The van der Waals surface area contributed by atoms with Crippen LogP contribution in [0.15, 0.2) is 39.6 Å². The second kappa shape index (κ2) is 6.03. The smallest absolute Gasteiger partial charge is 0.262 e. The van der Waals surface area contributed by atoms with Gasteiger partial charge in [0.15, 0.2) is 0 Å². The summed E-state index contributed by atoms with van der Waals surface area (Å²) in [6, 6.07) is 9.23. The summed E-state index contributed by atoms with van der Waals surface area (Å²) in [5.41, 5.74) is 0.0332. The molecule has 2 heterocycles. The van der Waals surface area contributed by atoms with Crippen molar-refractivity contribution in [3.05, 3.63) is 51.6 Å². The molecule has 1 N–H and O–H groups in total. The highest BCUT2D eigenvalue weighted by Gasteiger charge is 2.10. The van der Waals surface area contributed by atoms with Crippen molar-refractivity contribution < 1.29 is 9.21 Å². The van der Waals surface area contributed by atoms with Crippen molar-refractivity contribution in [3.8, 4) is 6.07 Å². The van der Waals surface area contributed by atoms with E-state index in [1.54, 1.807) is 30.4 Å². The maximum absolute atomic E-state index is 11.8. The Morgan fingerprint density at radius 2 is 2.37 bits per heavy atom. The zero-order chi connectivity index (χ0) is 13.7. The van der Waals surface area contributed by atoms with E-state index in [1.165, 1.54) is 6.08 Å². The third kappa shape index (κ3) is 3.57. The first-order valence-corrected chi connectivity index (χ1v) is 6.56. The lowest BCUT2D eigenvalue weighted by molar-refractivity contribution is -0.117. The first-order chi connectivity index (χ1) is 9.19. The molecule has 0 aliphatic heterocycles. The van der Waals surface area contributed by atoms with Gasteiger partial charge in [0, 0.05) is 11.0 Å². The highest BCUT2D eigenvalue weighted by molar-refractivity contribution is 7.09. The van der Waals surface area contributed by atoms with E-state index in [0.29, 0.717) is 12.3 Å². The summed E-state index contributed by atoms with van der Waals surface area (Å²) < 4.78 is 5.31. The topological polar surface area (TPSA) is 66.0 Å². The van der Waals surface area contributed by atoms with Crippen molar-refractivity contribution in [2.45, 2.75) is 13.5 Å². The van der Waals surface area contributed by atoms with Crippen molar-refractivity contribution in [2.75, 3.05) is 0 Å². The molecule has 0 fully saturated rings. The molecule has 0 saturated carbocycles. The summed E-state index contributed by atoms with van der Waals surface area (Å²) >= 11 is 1.56. The number of nitrogens with one attached hydrogen (secondary N) is 1. The third-order valence-electron chi connectivity index (χ3n) is 2.42. The van der Waals surface area contributed by atoms with Crippen molar-refractivity contribution in [1.82, 2.24) is 5.32 Å². The molecular weight excluding hydrogens is 260 g/mol. The number of rotatable bonds is 4. The summed E-state index contributed by atoms with van der Waals surface area (Å²) in [6.45, 7) is 2.23. The van der Waals surface area contributed by atoms with E-state index < -0.39 is 5.91 Å². The van der Waals surface area contributed by atoms with E-state index in [4.69, 9.17) is 9.68 Å². The largest absolute Gasteiger partial charge is 0.462 e. The zero-order valence-electron chi connectivity index (χ0n) is 10.3. The number of aryl methyl sites for hydroxylation is 1. The molecule has 96 valence electrons. The van der Waals surface area contributed by atoms with Crippen LogP contribution in [0.3, 0.4) is 0 Å². The SMILES string of the molecule is Cc1ccc(C=C(C#N)C(=O)NCc2cccs2)o1. The number of carbonyl (C=O) groups excluding carboxylic acids is 1. The Morgan fingerprint density at radius 1 is 1.53 bits per heavy atom. The van der Waals surface area contributed by atoms with Crippen molar-refractivity contribution in [2.24, 2.45) is 0 Å². The first kappa shape index (κ1) is 13.1. The molecule has 0 bridgehead atoms. The molecule has 2 aromatic heterocycles. The molecule has 0 aliphatic rings. The predicted octanol–water partition coefficient (Wildman–Crippen LogP) is 2.87. The molecular formula is C14H12N2O2S. The fourth-order valence-electron chi connectivity index (χ4n) is 1.50. The summed E-state index contributed by atoms with van der Waals surface area (Å²) in [5.74, 6) is 0.841. The number of furan rings is 1. The Morgan fingerprint density at radius 3 is 2.95 bits per heavy atom. The van der Waals surface area contributed by atoms with Gasteiger partial charge in [-0.25, -0.2) is 0 Å². The van der Waals surface area contributed by atoms with Crippen LogP contribution in [0, 0.1) is 18.3 Å². The van der Waals surface area contributed by atoms with Crippen LogP contribution in [0.4, 0.5) is 0 Å². The number of hydrogen-bond donors (Lipinski definition) is 1. The monoisotopic (exact) mass is 272 g/mol. The number of amides is 1. The Bertz CT molecular complexity index is 633. The van der Waals surface area contributed by atoms with E-state index in [9.17, 15) is 4.79 Å². The highest BCUT2D eigenvalue weighted by Crippen LogP contribution is 2.12. The van der Waals surface area contributed by atoms with E-state index in [-0.39, 0.29) is 5.57 Å². The number of hydrogen-bond acceptors (Lipinski definition) is 4. The summed E-state index contributed by atoms with van der Waals surface area (Å²) in [6.07, 6.45) is 1.44. The van der Waals surface area contributed by atoms with Crippen molar-refractivity contribution >= 4 is 23.3 Å². The fourth-order valence-corrected chi connectivity index (χ4v) is 2.14. The standard InChI is InChI=1S/C14H12N2O2S/c1-10-4-5-12(18-10)7-11(8-15)14(17)16-9-13-3-2-6-19-13/h2-7H,9H2,1H3,(H,16,17). The number of nitrogens with zero attached hydrogens (tertiary/aromatic N) is 1. The van der Waals surface area contributed by atoms with E-state index in [2.05, 4.69) is 5.32 Å². The number of nitriles is 1. The van der Waals surface area contributed by atoms with E-state index in [0.717, 1.165) is 10.6 Å². The minimum absolute atomic E-state index is 0.0332. The van der Waals surface area contributed by atoms with Gasteiger partial charge < -0.3 is 9.73 Å². The van der Waals surface area contributed by atoms with Gasteiger partial charge in [-0.2, -0.15) is 5.26 Å².